The number of carbonyl (C=O) groups is 2. The minimum absolute atomic E-state index is 0.0574. The summed E-state index contributed by atoms with van der Waals surface area (Å²) in [7, 11) is 1.46. The fourth-order valence-electron chi connectivity index (χ4n) is 1.66. The quantitative estimate of drug-likeness (QED) is 0.799. The van der Waals surface area contributed by atoms with Crippen LogP contribution in [0.25, 0.3) is 0 Å². The summed E-state index contributed by atoms with van der Waals surface area (Å²) in [5, 5.41) is 8.54. The van der Waals surface area contributed by atoms with Crippen molar-refractivity contribution < 1.29 is 28.9 Å². The Morgan fingerprint density at radius 3 is 2.78 bits per heavy atom. The number of methoxy groups -OCH3 is 1. The number of carboxylic acid groups (broad SMARTS) is 1. The lowest BCUT2D eigenvalue weighted by Gasteiger charge is -2.07. The molecule has 0 saturated heterocycles. The van der Waals surface area contributed by atoms with Crippen molar-refractivity contribution in [2.45, 2.75) is 12.8 Å². The number of carboxylic acids is 1. The number of carbonyl (C=O) groups excluding carboxylic acids is 1. The zero-order valence-corrected chi connectivity index (χ0v) is 9.76. The number of aliphatic carboxylic acids is 1. The van der Waals surface area contributed by atoms with E-state index in [9.17, 15) is 9.59 Å². The van der Waals surface area contributed by atoms with Gasteiger partial charge in [0.05, 0.1) is 13.5 Å². The van der Waals surface area contributed by atoms with Crippen molar-refractivity contribution in [1.29, 1.82) is 0 Å². The maximum absolute atomic E-state index is 11.8. The van der Waals surface area contributed by atoms with E-state index >= 15 is 0 Å². The molecule has 6 nitrogen and oxygen atoms in total. The van der Waals surface area contributed by atoms with Crippen molar-refractivity contribution in [2.75, 3.05) is 13.9 Å². The van der Waals surface area contributed by atoms with Crippen LogP contribution in [0, 0.1) is 0 Å². The Balaban J connectivity index is 2.23. The lowest BCUT2D eigenvalue weighted by atomic mass is 10.1. The third-order valence-corrected chi connectivity index (χ3v) is 2.55. The molecule has 1 aliphatic rings. The molecule has 1 aliphatic heterocycles. The van der Waals surface area contributed by atoms with Crippen LogP contribution in [0.1, 0.15) is 23.2 Å². The van der Waals surface area contributed by atoms with Crippen LogP contribution in [0.5, 0.6) is 17.2 Å². The molecular weight excluding hydrogens is 240 g/mol. The van der Waals surface area contributed by atoms with Crippen LogP contribution in [-0.4, -0.2) is 30.8 Å². The monoisotopic (exact) mass is 252 g/mol. The number of fused-ring (bicyclic) bond motifs is 1. The highest BCUT2D eigenvalue weighted by Crippen LogP contribution is 2.42. The summed E-state index contributed by atoms with van der Waals surface area (Å²) in [5.74, 6) is 0.0362. The minimum Gasteiger partial charge on any atom is -0.493 e. The van der Waals surface area contributed by atoms with Crippen LogP contribution >= 0.6 is 0 Å². The Labute approximate surface area is 103 Å². The zero-order valence-electron chi connectivity index (χ0n) is 9.76. The second-order valence-electron chi connectivity index (χ2n) is 3.73. The van der Waals surface area contributed by atoms with Gasteiger partial charge in [0.2, 0.25) is 12.5 Å². The number of benzene rings is 1. The van der Waals surface area contributed by atoms with Gasteiger partial charge in [-0.2, -0.15) is 0 Å². The number of ketones is 1. The Kier molecular flexibility index (Phi) is 3.36. The van der Waals surface area contributed by atoms with Gasteiger partial charge in [0.25, 0.3) is 0 Å². The average molecular weight is 252 g/mol. The third kappa shape index (κ3) is 2.37. The second kappa shape index (κ2) is 4.95. The summed E-state index contributed by atoms with van der Waals surface area (Å²) in [4.78, 5) is 22.2. The van der Waals surface area contributed by atoms with Crippen molar-refractivity contribution in [2.24, 2.45) is 0 Å². The van der Waals surface area contributed by atoms with Crippen LogP contribution in [0.4, 0.5) is 0 Å². The molecule has 18 heavy (non-hydrogen) atoms. The Hall–Kier alpha value is -2.24. The predicted octanol–water partition coefficient (Wildman–Crippen LogP) is 1.47. The van der Waals surface area contributed by atoms with Gasteiger partial charge in [-0.05, 0) is 12.1 Å². The van der Waals surface area contributed by atoms with Gasteiger partial charge in [-0.15, -0.1) is 0 Å². The molecule has 0 aliphatic carbocycles. The van der Waals surface area contributed by atoms with Gasteiger partial charge >= 0.3 is 5.97 Å². The van der Waals surface area contributed by atoms with Crippen molar-refractivity contribution in [3.8, 4) is 17.2 Å². The van der Waals surface area contributed by atoms with E-state index < -0.39 is 5.97 Å². The molecule has 1 aromatic carbocycles. The first kappa shape index (κ1) is 12.2. The number of hydrogen-bond donors (Lipinski definition) is 1. The summed E-state index contributed by atoms with van der Waals surface area (Å²) < 4.78 is 15.5. The first-order valence-corrected chi connectivity index (χ1v) is 5.34. The third-order valence-electron chi connectivity index (χ3n) is 2.55. The maximum atomic E-state index is 11.8. The zero-order chi connectivity index (χ0) is 13.1. The van der Waals surface area contributed by atoms with E-state index in [1.54, 1.807) is 0 Å². The number of ether oxygens (including phenoxy) is 3. The van der Waals surface area contributed by atoms with Crippen LogP contribution in [0.2, 0.25) is 0 Å². The number of Topliss-reactive ketones (excluding diaryl/α,β-unsaturated/α-hetero) is 1. The van der Waals surface area contributed by atoms with Crippen LogP contribution in [0.3, 0.4) is 0 Å². The molecule has 2 rings (SSSR count). The molecule has 96 valence electrons. The standard InChI is InChI=1S/C12H12O6/c1-16-9-4-7(8(13)2-3-11(14)15)5-10-12(9)18-6-17-10/h4-5H,2-3,6H2,1H3,(H,14,15). The van der Waals surface area contributed by atoms with Gasteiger partial charge in [0.1, 0.15) is 0 Å². The summed E-state index contributed by atoms with van der Waals surface area (Å²) in [6.45, 7) is 0.0818. The average Bonchev–Trinajstić information content (AvgIpc) is 2.82. The molecule has 0 radical (unpaired) electrons. The van der Waals surface area contributed by atoms with Gasteiger partial charge in [0, 0.05) is 12.0 Å². The number of rotatable bonds is 5. The molecule has 0 bridgehead atoms. The van der Waals surface area contributed by atoms with Crippen LogP contribution in [0.15, 0.2) is 12.1 Å². The molecule has 0 aromatic heterocycles. The molecule has 0 fully saturated rings. The van der Waals surface area contributed by atoms with Crippen LogP contribution in [-0.2, 0) is 4.79 Å². The fraction of sp³-hybridized carbons (Fsp3) is 0.333. The van der Waals surface area contributed by atoms with Gasteiger partial charge in [-0.3, -0.25) is 9.59 Å². The topological polar surface area (TPSA) is 82.1 Å². The fourth-order valence-corrected chi connectivity index (χ4v) is 1.66. The van der Waals surface area contributed by atoms with E-state index in [1.165, 1.54) is 19.2 Å². The predicted molar refractivity (Wildman–Crippen MR) is 60.3 cm³/mol. The first-order valence-electron chi connectivity index (χ1n) is 5.34. The van der Waals surface area contributed by atoms with Gasteiger partial charge in [-0.1, -0.05) is 0 Å². The molecule has 1 N–H and O–H groups in total. The molecule has 0 saturated carbocycles. The molecule has 0 atom stereocenters. The normalized spacial score (nSPS) is 12.3. The second-order valence-corrected chi connectivity index (χ2v) is 3.73. The van der Waals surface area contributed by atoms with Crippen molar-refractivity contribution >= 4 is 11.8 Å². The van der Waals surface area contributed by atoms with Crippen LogP contribution < -0.4 is 14.2 Å². The Bertz CT molecular complexity index is 494. The minimum atomic E-state index is -1.00. The maximum Gasteiger partial charge on any atom is 0.303 e. The van der Waals surface area contributed by atoms with Gasteiger partial charge < -0.3 is 19.3 Å². The van der Waals surface area contributed by atoms with E-state index in [1.807, 2.05) is 0 Å². The highest BCUT2D eigenvalue weighted by atomic mass is 16.7. The number of hydrogen-bond acceptors (Lipinski definition) is 5. The summed E-state index contributed by atoms with van der Waals surface area (Å²) in [6, 6.07) is 3.06. The molecule has 1 aromatic rings. The molecule has 0 unspecified atom stereocenters. The molecule has 6 heteroatoms. The van der Waals surface area contributed by atoms with E-state index in [2.05, 4.69) is 0 Å². The molecule has 1 heterocycles. The molecule has 0 spiro atoms. The lowest BCUT2D eigenvalue weighted by molar-refractivity contribution is -0.136. The van der Waals surface area contributed by atoms with Crippen molar-refractivity contribution in [3.05, 3.63) is 17.7 Å². The van der Waals surface area contributed by atoms with E-state index in [0.717, 1.165) is 0 Å². The highest BCUT2D eigenvalue weighted by Gasteiger charge is 2.22. The van der Waals surface area contributed by atoms with Gasteiger partial charge in [0.15, 0.2) is 17.3 Å². The highest BCUT2D eigenvalue weighted by molar-refractivity contribution is 5.98. The molecule has 0 amide bonds. The first-order chi connectivity index (χ1) is 8.61. The summed E-state index contributed by atoms with van der Waals surface area (Å²) in [5.41, 5.74) is 0.359. The Morgan fingerprint density at radius 1 is 1.33 bits per heavy atom. The van der Waals surface area contributed by atoms with Crippen molar-refractivity contribution in [1.82, 2.24) is 0 Å². The SMILES string of the molecule is COc1cc(C(=O)CCC(=O)O)cc2c1OCO2. The van der Waals surface area contributed by atoms with E-state index in [0.29, 0.717) is 22.8 Å². The lowest BCUT2D eigenvalue weighted by Crippen LogP contribution is -2.04. The largest absolute Gasteiger partial charge is 0.493 e. The summed E-state index contributed by atoms with van der Waals surface area (Å²) in [6.07, 6.45) is -0.256. The van der Waals surface area contributed by atoms with Crippen molar-refractivity contribution in [3.63, 3.8) is 0 Å². The molecular formula is C12H12O6. The van der Waals surface area contributed by atoms with E-state index in [4.69, 9.17) is 19.3 Å². The summed E-state index contributed by atoms with van der Waals surface area (Å²) >= 11 is 0. The Morgan fingerprint density at radius 2 is 2.11 bits per heavy atom. The van der Waals surface area contributed by atoms with E-state index in [-0.39, 0.29) is 25.4 Å². The smallest absolute Gasteiger partial charge is 0.303 e. The van der Waals surface area contributed by atoms with Gasteiger partial charge in [-0.25, -0.2) is 0 Å².